The van der Waals surface area contributed by atoms with E-state index in [9.17, 15) is 9.59 Å². The smallest absolute Gasteiger partial charge is 0.239 e. The van der Waals surface area contributed by atoms with Gasteiger partial charge >= 0.3 is 0 Å². The molecule has 1 amide bonds. The van der Waals surface area contributed by atoms with Crippen LogP contribution in [0.4, 0.5) is 11.4 Å². The molecule has 0 radical (unpaired) electrons. The molecule has 1 atom stereocenters. The Bertz CT molecular complexity index is 1150. The lowest BCUT2D eigenvalue weighted by atomic mass is 9.88. The van der Waals surface area contributed by atoms with Crippen molar-refractivity contribution in [1.82, 2.24) is 10.3 Å². The first-order valence-electron chi connectivity index (χ1n) is 10.8. The molecule has 0 spiro atoms. The van der Waals surface area contributed by atoms with Crippen molar-refractivity contribution >= 4 is 23.1 Å². The van der Waals surface area contributed by atoms with Crippen molar-refractivity contribution in [2.24, 2.45) is 0 Å². The van der Waals surface area contributed by atoms with E-state index in [0.29, 0.717) is 24.3 Å². The predicted molar refractivity (Wildman–Crippen MR) is 121 cm³/mol. The van der Waals surface area contributed by atoms with Gasteiger partial charge in [-0.15, -0.1) is 0 Å². The standard InChI is InChI=1S/C25H24N4O3/c30-21-11-5-9-19-24(21)25(22-12-6-14-32-22)29(20-10-2-1-8-18(20)28-19)16-23(31)27-15-17-7-3-4-13-26-17/h1-4,6-8,10,12-14,25,28H,5,9,11,15-16H2,(H,27,31)/t25-/m0/s1. The minimum atomic E-state index is -0.482. The second kappa shape index (κ2) is 8.70. The van der Waals surface area contributed by atoms with Crippen LogP contribution in [-0.2, 0) is 16.1 Å². The zero-order valence-electron chi connectivity index (χ0n) is 17.6. The fourth-order valence-corrected chi connectivity index (χ4v) is 4.42. The molecule has 1 aromatic carbocycles. The molecule has 3 heterocycles. The molecule has 7 heteroatoms. The van der Waals surface area contributed by atoms with E-state index in [4.69, 9.17) is 4.42 Å². The van der Waals surface area contributed by atoms with E-state index >= 15 is 0 Å². The van der Waals surface area contributed by atoms with E-state index in [-0.39, 0.29) is 18.2 Å². The highest BCUT2D eigenvalue weighted by Crippen LogP contribution is 2.44. The third kappa shape index (κ3) is 3.89. The maximum Gasteiger partial charge on any atom is 0.239 e. The maximum absolute atomic E-state index is 13.1. The van der Waals surface area contributed by atoms with Gasteiger partial charge in [0.25, 0.3) is 0 Å². The number of nitrogens with one attached hydrogen (secondary N) is 2. The highest BCUT2D eigenvalue weighted by Gasteiger charge is 2.38. The van der Waals surface area contributed by atoms with E-state index in [0.717, 1.165) is 35.6 Å². The first-order valence-corrected chi connectivity index (χ1v) is 10.8. The Hall–Kier alpha value is -3.87. The van der Waals surface area contributed by atoms with Crippen LogP contribution in [0.1, 0.15) is 36.8 Å². The molecule has 1 aliphatic heterocycles. The number of allylic oxidation sites excluding steroid dienone is 1. The van der Waals surface area contributed by atoms with Crippen LogP contribution in [0.5, 0.6) is 0 Å². The number of rotatable bonds is 5. The number of aromatic nitrogens is 1. The Kier molecular flexibility index (Phi) is 5.46. The van der Waals surface area contributed by atoms with Crippen LogP contribution in [0, 0.1) is 0 Å². The van der Waals surface area contributed by atoms with Crippen LogP contribution in [0.15, 0.2) is 82.7 Å². The summed E-state index contributed by atoms with van der Waals surface area (Å²) >= 11 is 0. The predicted octanol–water partition coefficient (Wildman–Crippen LogP) is 3.97. The first-order chi connectivity index (χ1) is 15.7. The fraction of sp³-hybridized carbons (Fsp3) is 0.240. The largest absolute Gasteiger partial charge is 0.467 e. The fourth-order valence-electron chi connectivity index (χ4n) is 4.42. The molecule has 2 aromatic heterocycles. The van der Waals surface area contributed by atoms with E-state index < -0.39 is 6.04 Å². The van der Waals surface area contributed by atoms with Crippen molar-refractivity contribution < 1.29 is 14.0 Å². The molecular formula is C25H24N4O3. The van der Waals surface area contributed by atoms with Gasteiger partial charge in [-0.25, -0.2) is 0 Å². The third-order valence-corrected chi connectivity index (χ3v) is 5.86. The van der Waals surface area contributed by atoms with Crippen LogP contribution in [-0.4, -0.2) is 23.2 Å². The molecule has 162 valence electrons. The van der Waals surface area contributed by atoms with Crippen LogP contribution in [0.2, 0.25) is 0 Å². The van der Waals surface area contributed by atoms with Crippen molar-refractivity contribution in [3.63, 3.8) is 0 Å². The van der Waals surface area contributed by atoms with Crippen molar-refractivity contribution in [1.29, 1.82) is 0 Å². The van der Waals surface area contributed by atoms with E-state index in [1.54, 1.807) is 12.5 Å². The Morgan fingerprint density at radius 1 is 1.12 bits per heavy atom. The van der Waals surface area contributed by atoms with E-state index in [2.05, 4.69) is 15.6 Å². The van der Waals surface area contributed by atoms with Gasteiger partial charge in [-0.3, -0.25) is 14.6 Å². The van der Waals surface area contributed by atoms with E-state index in [1.165, 1.54) is 0 Å². The van der Waals surface area contributed by atoms with Crippen LogP contribution >= 0.6 is 0 Å². The molecule has 0 fully saturated rings. The number of amides is 1. The molecule has 0 unspecified atom stereocenters. The number of para-hydroxylation sites is 2. The number of ketones is 1. The van der Waals surface area contributed by atoms with Gasteiger partial charge < -0.3 is 20.0 Å². The number of carbonyl (C=O) groups excluding carboxylic acids is 2. The van der Waals surface area contributed by atoms with E-state index in [1.807, 2.05) is 59.5 Å². The van der Waals surface area contributed by atoms with Gasteiger partial charge in [-0.1, -0.05) is 18.2 Å². The second-order valence-corrected chi connectivity index (χ2v) is 7.95. The van der Waals surface area contributed by atoms with Gasteiger partial charge in [-0.2, -0.15) is 0 Å². The van der Waals surface area contributed by atoms with Gasteiger partial charge in [0.05, 0.1) is 36.4 Å². The van der Waals surface area contributed by atoms with Gasteiger partial charge in [0.15, 0.2) is 5.78 Å². The maximum atomic E-state index is 13.1. The zero-order valence-corrected chi connectivity index (χ0v) is 17.6. The molecule has 2 N–H and O–H groups in total. The van der Waals surface area contributed by atoms with Crippen molar-refractivity contribution in [3.8, 4) is 0 Å². The lowest BCUT2D eigenvalue weighted by Gasteiger charge is -2.33. The Morgan fingerprint density at radius 2 is 2.00 bits per heavy atom. The van der Waals surface area contributed by atoms with Crippen molar-refractivity contribution in [3.05, 3.63) is 89.8 Å². The molecule has 3 aromatic rings. The summed E-state index contributed by atoms with van der Waals surface area (Å²) in [6.07, 6.45) is 5.39. The number of benzene rings is 1. The van der Waals surface area contributed by atoms with Gasteiger partial charge in [0.1, 0.15) is 11.8 Å². The minimum Gasteiger partial charge on any atom is -0.467 e. The van der Waals surface area contributed by atoms with Gasteiger partial charge in [0.2, 0.25) is 5.91 Å². The van der Waals surface area contributed by atoms with Gasteiger partial charge in [0, 0.05) is 23.9 Å². The molecule has 7 nitrogen and oxygen atoms in total. The Labute approximate surface area is 186 Å². The third-order valence-electron chi connectivity index (χ3n) is 5.86. The molecule has 0 saturated heterocycles. The summed E-state index contributed by atoms with van der Waals surface area (Å²) in [7, 11) is 0. The van der Waals surface area contributed by atoms with Crippen molar-refractivity contribution in [2.45, 2.75) is 31.8 Å². The SMILES string of the molecule is O=C(CN1c2ccccc2NC2=C(C(=O)CCC2)[C@@H]1c1ccco1)NCc1ccccn1. The number of carbonyl (C=O) groups is 2. The number of pyridine rings is 1. The summed E-state index contributed by atoms with van der Waals surface area (Å²) in [5.41, 5.74) is 4.10. The summed E-state index contributed by atoms with van der Waals surface area (Å²) in [6, 6.07) is 16.6. The number of fused-ring (bicyclic) bond motifs is 1. The molecule has 0 bridgehead atoms. The topological polar surface area (TPSA) is 87.5 Å². The molecule has 5 rings (SSSR count). The van der Waals surface area contributed by atoms with Gasteiger partial charge in [-0.05, 0) is 49.2 Å². The normalized spacial score (nSPS) is 17.8. The number of hydrogen-bond acceptors (Lipinski definition) is 6. The summed E-state index contributed by atoms with van der Waals surface area (Å²) < 4.78 is 5.78. The summed E-state index contributed by atoms with van der Waals surface area (Å²) in [5, 5.41) is 6.43. The highest BCUT2D eigenvalue weighted by molar-refractivity contribution is 6.01. The lowest BCUT2D eigenvalue weighted by Crippen LogP contribution is -2.41. The second-order valence-electron chi connectivity index (χ2n) is 7.95. The molecule has 2 aliphatic rings. The molecule has 1 aliphatic carbocycles. The highest BCUT2D eigenvalue weighted by atomic mass is 16.3. The average Bonchev–Trinajstić information content (AvgIpc) is 3.30. The number of Topliss-reactive ketones (excluding diaryl/α,β-unsaturated/α-hetero) is 1. The number of furan rings is 1. The van der Waals surface area contributed by atoms with Crippen LogP contribution < -0.4 is 15.5 Å². The van der Waals surface area contributed by atoms with Crippen LogP contribution in [0.25, 0.3) is 0 Å². The van der Waals surface area contributed by atoms with Crippen LogP contribution in [0.3, 0.4) is 0 Å². The summed E-state index contributed by atoms with van der Waals surface area (Å²) in [5.74, 6) is 0.574. The zero-order chi connectivity index (χ0) is 21.9. The number of hydrogen-bond donors (Lipinski definition) is 2. The quantitative estimate of drug-likeness (QED) is 0.639. The van der Waals surface area contributed by atoms with Crippen molar-refractivity contribution in [2.75, 3.05) is 16.8 Å². The summed E-state index contributed by atoms with van der Waals surface area (Å²) in [6.45, 7) is 0.409. The summed E-state index contributed by atoms with van der Waals surface area (Å²) in [4.78, 5) is 32.4. The number of nitrogens with zero attached hydrogens (tertiary/aromatic N) is 2. The molecule has 32 heavy (non-hydrogen) atoms. The molecular weight excluding hydrogens is 404 g/mol. The minimum absolute atomic E-state index is 0.0704. The monoisotopic (exact) mass is 428 g/mol. The average molecular weight is 428 g/mol. The Balaban J connectivity index is 1.52. The molecule has 0 saturated carbocycles. The number of anilines is 2. The first kappa shape index (κ1) is 20.1. The Morgan fingerprint density at radius 3 is 2.81 bits per heavy atom. The lowest BCUT2D eigenvalue weighted by molar-refractivity contribution is -0.120.